The second-order valence-electron chi connectivity index (χ2n) is 6.95. The highest BCUT2D eigenvalue weighted by molar-refractivity contribution is 7.15. The fourth-order valence-corrected chi connectivity index (χ4v) is 3.78. The van der Waals surface area contributed by atoms with Crippen LogP contribution in [0.5, 0.6) is 11.5 Å². The minimum Gasteiger partial charge on any atom is -0.496 e. The molecule has 4 rings (SSSR count). The molecule has 0 spiro atoms. The number of ether oxygens (including phenoxy) is 2. The fourth-order valence-electron chi connectivity index (χ4n) is 3.13. The van der Waals surface area contributed by atoms with Crippen molar-refractivity contribution in [2.75, 3.05) is 12.4 Å². The molecular formula is C24H19N5O3S. The summed E-state index contributed by atoms with van der Waals surface area (Å²) in [6.07, 6.45) is 1.54. The number of para-hydroxylation sites is 1. The Morgan fingerprint density at radius 3 is 2.67 bits per heavy atom. The van der Waals surface area contributed by atoms with Gasteiger partial charge in [-0.05, 0) is 43.3 Å². The molecule has 0 atom stereocenters. The molecule has 2 aromatic carbocycles. The summed E-state index contributed by atoms with van der Waals surface area (Å²) >= 11 is 1.22. The van der Waals surface area contributed by atoms with Crippen LogP contribution in [0.25, 0.3) is 11.1 Å². The van der Waals surface area contributed by atoms with Gasteiger partial charge >= 0.3 is 0 Å². The standard InChI is InChI=1S/C24H19N5O3S/c1-15-11-19(18-5-3-4-6-21(18)31-2)20(13-26-15)23(30)27-24-29-28-22(33-24)14-32-17-9-7-16(12-25)8-10-17/h3-11,13H,14H2,1-2H3,(H,27,29,30). The molecule has 4 aromatic rings. The molecule has 0 radical (unpaired) electrons. The van der Waals surface area contributed by atoms with Crippen LogP contribution in [0.4, 0.5) is 5.13 Å². The van der Waals surface area contributed by atoms with Gasteiger partial charge in [-0.15, -0.1) is 10.2 Å². The van der Waals surface area contributed by atoms with Crippen LogP contribution in [0.2, 0.25) is 0 Å². The summed E-state index contributed by atoms with van der Waals surface area (Å²) in [6, 6.07) is 18.2. The van der Waals surface area contributed by atoms with E-state index in [4.69, 9.17) is 14.7 Å². The van der Waals surface area contributed by atoms with Crippen molar-refractivity contribution in [1.82, 2.24) is 15.2 Å². The molecule has 0 saturated carbocycles. The Labute approximate surface area is 194 Å². The Bertz CT molecular complexity index is 1330. The lowest BCUT2D eigenvalue weighted by Crippen LogP contribution is -2.14. The second kappa shape index (κ2) is 9.89. The maximum absolute atomic E-state index is 13.1. The number of carbonyl (C=O) groups excluding carboxylic acids is 1. The number of pyridine rings is 1. The normalized spacial score (nSPS) is 10.3. The first-order valence-corrected chi connectivity index (χ1v) is 10.8. The van der Waals surface area contributed by atoms with Gasteiger partial charge in [0, 0.05) is 23.0 Å². The Morgan fingerprint density at radius 1 is 1.12 bits per heavy atom. The first-order valence-electron chi connectivity index (χ1n) is 9.94. The molecule has 8 nitrogen and oxygen atoms in total. The smallest absolute Gasteiger partial charge is 0.259 e. The molecule has 0 saturated heterocycles. The van der Waals surface area contributed by atoms with Crippen molar-refractivity contribution in [2.24, 2.45) is 0 Å². The molecule has 0 aliphatic rings. The van der Waals surface area contributed by atoms with Crippen molar-refractivity contribution in [2.45, 2.75) is 13.5 Å². The van der Waals surface area contributed by atoms with Gasteiger partial charge in [-0.3, -0.25) is 15.1 Å². The van der Waals surface area contributed by atoms with Crippen molar-refractivity contribution in [3.8, 4) is 28.7 Å². The molecule has 0 aliphatic heterocycles. The average Bonchev–Trinajstić information content (AvgIpc) is 3.30. The molecule has 9 heteroatoms. The van der Waals surface area contributed by atoms with E-state index in [0.717, 1.165) is 11.3 Å². The molecule has 2 heterocycles. The highest BCUT2D eigenvalue weighted by Gasteiger charge is 2.18. The third kappa shape index (κ3) is 5.14. The minimum atomic E-state index is -0.348. The van der Waals surface area contributed by atoms with Gasteiger partial charge in [0.1, 0.15) is 18.1 Å². The number of nitrogens with zero attached hydrogens (tertiary/aromatic N) is 4. The quantitative estimate of drug-likeness (QED) is 0.431. The van der Waals surface area contributed by atoms with E-state index in [9.17, 15) is 4.79 Å². The van der Waals surface area contributed by atoms with Gasteiger partial charge in [-0.1, -0.05) is 29.5 Å². The monoisotopic (exact) mass is 457 g/mol. The lowest BCUT2D eigenvalue weighted by atomic mass is 9.99. The molecule has 2 aromatic heterocycles. The van der Waals surface area contributed by atoms with Crippen molar-refractivity contribution in [3.63, 3.8) is 0 Å². The molecule has 1 amide bonds. The summed E-state index contributed by atoms with van der Waals surface area (Å²) in [5.41, 5.74) is 3.25. The minimum absolute atomic E-state index is 0.192. The highest BCUT2D eigenvalue weighted by Crippen LogP contribution is 2.33. The number of hydrogen-bond acceptors (Lipinski definition) is 8. The van der Waals surface area contributed by atoms with E-state index in [2.05, 4.69) is 26.6 Å². The zero-order valence-corrected chi connectivity index (χ0v) is 18.7. The summed E-state index contributed by atoms with van der Waals surface area (Å²) in [5, 5.41) is 20.7. The Kier molecular flexibility index (Phi) is 6.57. The van der Waals surface area contributed by atoms with Crippen LogP contribution < -0.4 is 14.8 Å². The first kappa shape index (κ1) is 21.9. The van der Waals surface area contributed by atoms with E-state index in [1.54, 1.807) is 37.6 Å². The van der Waals surface area contributed by atoms with Crippen LogP contribution in [0.3, 0.4) is 0 Å². The maximum Gasteiger partial charge on any atom is 0.259 e. The SMILES string of the molecule is COc1ccccc1-c1cc(C)ncc1C(=O)Nc1nnc(COc2ccc(C#N)cc2)s1. The van der Waals surface area contributed by atoms with Crippen LogP contribution in [0, 0.1) is 18.3 Å². The number of rotatable bonds is 7. The predicted molar refractivity (Wildman–Crippen MR) is 124 cm³/mol. The molecule has 0 unspecified atom stereocenters. The Balaban J connectivity index is 1.49. The first-order chi connectivity index (χ1) is 16.1. The zero-order valence-electron chi connectivity index (χ0n) is 17.9. The van der Waals surface area contributed by atoms with Crippen LogP contribution in [0.15, 0.2) is 60.8 Å². The second-order valence-corrected chi connectivity index (χ2v) is 8.01. The number of benzene rings is 2. The van der Waals surface area contributed by atoms with E-state index in [1.807, 2.05) is 37.3 Å². The number of methoxy groups -OCH3 is 1. The fraction of sp³-hybridized carbons (Fsp3) is 0.125. The van der Waals surface area contributed by atoms with Gasteiger partial charge in [0.05, 0.1) is 24.3 Å². The van der Waals surface area contributed by atoms with Crippen LogP contribution in [0.1, 0.15) is 26.6 Å². The highest BCUT2D eigenvalue weighted by atomic mass is 32.1. The number of nitrogens with one attached hydrogen (secondary N) is 1. The Hall–Kier alpha value is -4.29. The summed E-state index contributed by atoms with van der Waals surface area (Å²) in [4.78, 5) is 17.3. The summed E-state index contributed by atoms with van der Waals surface area (Å²) in [5.74, 6) is 0.927. The predicted octanol–water partition coefficient (Wildman–Crippen LogP) is 4.62. The lowest BCUT2D eigenvalue weighted by molar-refractivity contribution is 0.102. The van der Waals surface area contributed by atoms with Gasteiger partial charge in [0.2, 0.25) is 5.13 Å². The number of anilines is 1. The van der Waals surface area contributed by atoms with Gasteiger partial charge in [-0.25, -0.2) is 0 Å². The summed E-state index contributed by atoms with van der Waals surface area (Å²) in [7, 11) is 1.59. The van der Waals surface area contributed by atoms with Gasteiger partial charge in [0.25, 0.3) is 5.91 Å². The number of hydrogen-bond donors (Lipinski definition) is 1. The van der Waals surface area contributed by atoms with Gasteiger partial charge in [-0.2, -0.15) is 5.26 Å². The maximum atomic E-state index is 13.1. The molecule has 0 fully saturated rings. The summed E-state index contributed by atoms with van der Waals surface area (Å²) in [6.45, 7) is 2.06. The average molecular weight is 458 g/mol. The Morgan fingerprint density at radius 2 is 1.91 bits per heavy atom. The third-order valence-electron chi connectivity index (χ3n) is 4.72. The number of aromatic nitrogens is 3. The molecule has 164 valence electrons. The lowest BCUT2D eigenvalue weighted by Gasteiger charge is -2.13. The van der Waals surface area contributed by atoms with E-state index in [-0.39, 0.29) is 12.5 Å². The number of nitriles is 1. The number of aryl methyl sites for hydroxylation is 1. The van der Waals surface area contributed by atoms with Crippen molar-refractivity contribution >= 4 is 22.4 Å². The van der Waals surface area contributed by atoms with Gasteiger partial charge < -0.3 is 9.47 Å². The van der Waals surface area contributed by atoms with Crippen LogP contribution >= 0.6 is 11.3 Å². The molecule has 0 aliphatic carbocycles. The third-order valence-corrected chi connectivity index (χ3v) is 5.53. The number of carbonyl (C=O) groups is 1. The molecule has 0 bridgehead atoms. The van der Waals surface area contributed by atoms with E-state index in [0.29, 0.717) is 38.3 Å². The van der Waals surface area contributed by atoms with E-state index < -0.39 is 0 Å². The zero-order chi connectivity index (χ0) is 23.2. The molecular weight excluding hydrogens is 438 g/mol. The van der Waals surface area contributed by atoms with Gasteiger partial charge in [0.15, 0.2) is 5.01 Å². The molecule has 1 N–H and O–H groups in total. The summed E-state index contributed by atoms with van der Waals surface area (Å²) < 4.78 is 11.1. The van der Waals surface area contributed by atoms with Crippen molar-refractivity contribution in [1.29, 1.82) is 5.26 Å². The number of amides is 1. The van der Waals surface area contributed by atoms with Crippen molar-refractivity contribution < 1.29 is 14.3 Å². The van der Waals surface area contributed by atoms with Crippen LogP contribution in [-0.2, 0) is 6.61 Å². The van der Waals surface area contributed by atoms with Crippen molar-refractivity contribution in [3.05, 3.63) is 82.6 Å². The van der Waals surface area contributed by atoms with E-state index >= 15 is 0 Å². The molecule has 33 heavy (non-hydrogen) atoms. The van der Waals surface area contributed by atoms with E-state index in [1.165, 1.54) is 11.3 Å². The topological polar surface area (TPSA) is 110 Å². The largest absolute Gasteiger partial charge is 0.496 e. The van der Waals surface area contributed by atoms with Crippen LogP contribution in [-0.4, -0.2) is 28.2 Å².